The van der Waals surface area contributed by atoms with E-state index in [0.29, 0.717) is 54.8 Å². The number of amides is 1. The summed E-state index contributed by atoms with van der Waals surface area (Å²) in [6, 6.07) is 9.80. The highest BCUT2D eigenvalue weighted by Crippen LogP contribution is 2.47. The van der Waals surface area contributed by atoms with E-state index in [-0.39, 0.29) is 11.6 Å². The number of hydrogen-bond acceptors (Lipinski definition) is 9. The number of nitrogens with zero attached hydrogens (tertiary/aromatic N) is 6. The van der Waals surface area contributed by atoms with Gasteiger partial charge in [-0.25, -0.2) is 19.4 Å². The topological polar surface area (TPSA) is 138 Å². The van der Waals surface area contributed by atoms with Gasteiger partial charge < -0.3 is 19.6 Å². The number of rotatable bonds is 9. The molecule has 0 spiro atoms. The number of aryl methyl sites for hydroxylation is 2. The quantitative estimate of drug-likeness (QED) is 0.247. The minimum Gasteiger partial charge on any atom is -0.443 e. The van der Waals surface area contributed by atoms with Crippen LogP contribution in [-0.2, 0) is 21.1 Å². The van der Waals surface area contributed by atoms with Gasteiger partial charge in [0.05, 0.1) is 22.6 Å². The molecule has 1 amide bonds. The molecule has 2 N–H and O–H groups in total. The summed E-state index contributed by atoms with van der Waals surface area (Å²) >= 11 is 0. The maximum Gasteiger partial charge on any atom is 0.414 e. The number of carbonyl (C=O) groups is 1. The Morgan fingerprint density at radius 2 is 1.91 bits per heavy atom. The smallest absolute Gasteiger partial charge is 0.414 e. The average molecular weight is 634 g/mol. The molecule has 0 aliphatic carbocycles. The van der Waals surface area contributed by atoms with Crippen LogP contribution >= 0.6 is 0 Å². The number of aliphatic hydroxyl groups is 1. The van der Waals surface area contributed by atoms with Crippen molar-refractivity contribution < 1.29 is 19.1 Å². The first-order valence-electron chi connectivity index (χ1n) is 15.4. The summed E-state index contributed by atoms with van der Waals surface area (Å²) < 4.78 is 14.3. The van der Waals surface area contributed by atoms with Gasteiger partial charge in [-0.05, 0) is 76.0 Å². The predicted molar refractivity (Wildman–Crippen MR) is 178 cm³/mol. The second-order valence-corrected chi connectivity index (χ2v) is 19.4. The van der Waals surface area contributed by atoms with Gasteiger partial charge >= 0.3 is 6.09 Å². The second kappa shape index (κ2) is 12.5. The van der Waals surface area contributed by atoms with Gasteiger partial charge in [-0.3, -0.25) is 4.90 Å². The summed E-state index contributed by atoms with van der Waals surface area (Å²) in [6.07, 6.45) is 1.74. The first-order valence-corrected chi connectivity index (χ1v) is 18.3. The Bertz CT molecular complexity index is 1600. The standard InChI is InChI=1S/C33H47N7O4Si/c1-22-16-27(40(38-22)14-11-15-41)37-29-35-13-12-26(36-29)23-17-24(19-34)28-25(18-23)33(8,21-43-45(9,10)32(5,6)7)20-39(28)30(42)44-31(2,3)4/h12-13,16-18,41H,11,14-15,20-21H2,1-10H3,(H,35,36,37)/t33-/m1/s1. The molecule has 0 fully saturated rings. The number of benzene rings is 1. The Morgan fingerprint density at radius 1 is 1.20 bits per heavy atom. The lowest BCUT2D eigenvalue weighted by Gasteiger charge is -2.39. The highest BCUT2D eigenvalue weighted by molar-refractivity contribution is 6.74. The molecule has 1 aromatic carbocycles. The van der Waals surface area contributed by atoms with E-state index in [0.717, 1.165) is 16.8 Å². The Hall–Kier alpha value is -3.79. The Labute approximate surface area is 267 Å². The number of aliphatic hydroxyl groups excluding tert-OH is 1. The molecule has 0 saturated heterocycles. The molecule has 242 valence electrons. The number of nitriles is 1. The lowest BCUT2D eigenvalue weighted by atomic mass is 9.83. The van der Waals surface area contributed by atoms with E-state index >= 15 is 0 Å². The fraction of sp³-hybridized carbons (Fsp3) is 0.545. The number of aromatic nitrogens is 4. The number of ether oxygens (including phenoxy) is 1. The summed E-state index contributed by atoms with van der Waals surface area (Å²) in [5.41, 5.74) is 2.62. The molecule has 45 heavy (non-hydrogen) atoms. The number of fused-ring (bicyclic) bond motifs is 1. The Kier molecular flexibility index (Phi) is 9.50. The van der Waals surface area contributed by atoms with Gasteiger partial charge in [-0.2, -0.15) is 10.4 Å². The number of nitrogens with one attached hydrogen (secondary N) is 1. The SMILES string of the molecule is Cc1cc(Nc2nccc(-c3cc(C#N)c4c(c3)[C@@](C)(CO[Si](C)(C)C(C)(C)C)CN4C(=O)OC(C)(C)C)n2)n(CCCO)n1. The van der Waals surface area contributed by atoms with Gasteiger partial charge in [0, 0.05) is 49.5 Å². The molecular formula is C33H47N7O4Si. The fourth-order valence-corrected chi connectivity index (χ4v) is 6.13. The van der Waals surface area contributed by atoms with Crippen molar-refractivity contribution in [2.75, 3.05) is 30.0 Å². The van der Waals surface area contributed by atoms with Crippen molar-refractivity contribution in [1.29, 1.82) is 5.26 Å². The first-order chi connectivity index (χ1) is 20.9. The summed E-state index contributed by atoms with van der Waals surface area (Å²) in [6.45, 7) is 21.8. The Balaban J connectivity index is 1.77. The van der Waals surface area contributed by atoms with Gasteiger partial charge in [0.1, 0.15) is 17.5 Å². The lowest BCUT2D eigenvalue weighted by molar-refractivity contribution is 0.0575. The highest BCUT2D eigenvalue weighted by Gasteiger charge is 2.47. The maximum atomic E-state index is 13.5. The lowest BCUT2D eigenvalue weighted by Crippen LogP contribution is -2.46. The normalized spacial score (nSPS) is 16.8. The van der Waals surface area contributed by atoms with E-state index in [2.05, 4.69) is 62.3 Å². The summed E-state index contributed by atoms with van der Waals surface area (Å²) in [5, 5.41) is 27.4. The van der Waals surface area contributed by atoms with Crippen molar-refractivity contribution >= 4 is 31.9 Å². The van der Waals surface area contributed by atoms with Crippen molar-refractivity contribution in [3.8, 4) is 17.3 Å². The molecule has 12 heteroatoms. The van der Waals surface area contributed by atoms with E-state index < -0.39 is 25.4 Å². The summed E-state index contributed by atoms with van der Waals surface area (Å²) in [4.78, 5) is 24.3. The minimum absolute atomic E-state index is 0.00564. The molecule has 0 bridgehead atoms. The average Bonchev–Trinajstić information content (AvgIpc) is 3.45. The van der Waals surface area contributed by atoms with Crippen molar-refractivity contribution in [1.82, 2.24) is 19.7 Å². The molecule has 4 rings (SSSR count). The van der Waals surface area contributed by atoms with E-state index in [1.165, 1.54) is 0 Å². The third-order valence-electron chi connectivity index (χ3n) is 8.45. The zero-order chi connectivity index (χ0) is 33.4. The summed E-state index contributed by atoms with van der Waals surface area (Å²) in [7, 11) is -2.13. The minimum atomic E-state index is -2.13. The zero-order valence-corrected chi connectivity index (χ0v) is 29.3. The van der Waals surface area contributed by atoms with Crippen molar-refractivity contribution in [2.24, 2.45) is 0 Å². The molecule has 0 radical (unpaired) electrons. The van der Waals surface area contributed by atoms with Crippen LogP contribution in [0.15, 0.2) is 30.5 Å². The van der Waals surface area contributed by atoms with Crippen LogP contribution in [0.1, 0.15) is 71.7 Å². The van der Waals surface area contributed by atoms with Gasteiger partial charge in [0.2, 0.25) is 5.95 Å². The number of hydrogen-bond donors (Lipinski definition) is 2. The zero-order valence-electron chi connectivity index (χ0n) is 28.3. The number of anilines is 3. The molecule has 1 aliphatic heterocycles. The van der Waals surface area contributed by atoms with Crippen LogP contribution in [0, 0.1) is 18.3 Å². The van der Waals surface area contributed by atoms with Crippen LogP contribution < -0.4 is 10.2 Å². The summed E-state index contributed by atoms with van der Waals surface area (Å²) in [5.74, 6) is 1.09. The van der Waals surface area contributed by atoms with Gasteiger partial charge in [-0.15, -0.1) is 0 Å². The molecule has 11 nitrogen and oxygen atoms in total. The molecule has 1 aliphatic rings. The first kappa shape index (κ1) is 34.1. The van der Waals surface area contributed by atoms with Gasteiger partial charge in [0.15, 0.2) is 8.32 Å². The molecule has 1 atom stereocenters. The third-order valence-corrected chi connectivity index (χ3v) is 12.9. The third kappa shape index (κ3) is 7.54. The fourth-order valence-electron chi connectivity index (χ4n) is 5.02. The monoisotopic (exact) mass is 633 g/mol. The van der Waals surface area contributed by atoms with E-state index in [1.807, 2.05) is 39.8 Å². The molecule has 0 saturated carbocycles. The highest BCUT2D eigenvalue weighted by atomic mass is 28.4. The van der Waals surface area contributed by atoms with Gasteiger partial charge in [0.25, 0.3) is 0 Å². The molecular weight excluding hydrogens is 586 g/mol. The van der Waals surface area contributed by atoms with Crippen LogP contribution in [0.2, 0.25) is 18.1 Å². The van der Waals surface area contributed by atoms with Crippen molar-refractivity contribution in [3.05, 3.63) is 47.3 Å². The van der Waals surface area contributed by atoms with Crippen LogP contribution in [0.3, 0.4) is 0 Å². The van der Waals surface area contributed by atoms with E-state index in [1.54, 1.807) is 27.9 Å². The van der Waals surface area contributed by atoms with Crippen molar-refractivity contribution in [3.63, 3.8) is 0 Å². The van der Waals surface area contributed by atoms with Crippen LogP contribution in [0.25, 0.3) is 11.3 Å². The Morgan fingerprint density at radius 3 is 2.53 bits per heavy atom. The molecule has 3 aromatic rings. The predicted octanol–water partition coefficient (Wildman–Crippen LogP) is 6.68. The van der Waals surface area contributed by atoms with E-state index in [4.69, 9.17) is 14.1 Å². The van der Waals surface area contributed by atoms with Crippen LogP contribution in [-0.4, -0.2) is 64.6 Å². The number of carbonyl (C=O) groups excluding carboxylic acids is 1. The van der Waals surface area contributed by atoms with Crippen molar-refractivity contribution in [2.45, 2.75) is 97.5 Å². The molecule has 3 heterocycles. The van der Waals surface area contributed by atoms with Crippen LogP contribution in [0.5, 0.6) is 0 Å². The largest absolute Gasteiger partial charge is 0.443 e. The van der Waals surface area contributed by atoms with Gasteiger partial charge in [-0.1, -0.05) is 27.7 Å². The maximum absolute atomic E-state index is 13.5. The second-order valence-electron chi connectivity index (χ2n) is 14.6. The molecule has 0 unspecified atom stereocenters. The molecule has 2 aromatic heterocycles. The van der Waals surface area contributed by atoms with Crippen LogP contribution in [0.4, 0.5) is 22.2 Å². The van der Waals surface area contributed by atoms with E-state index in [9.17, 15) is 15.2 Å².